The maximum atomic E-state index is 12.2. The standard InChI is InChI=1S/C20H16BrN3O2S/c21-17-11-4-3-10-16(17)19(26)22-20(27)24-23-18(25)12-14-8-5-7-13-6-1-2-9-15(13)14/h1-11H,12H2,(H,23,25)(H2,22,24,26,27). The van der Waals surface area contributed by atoms with Gasteiger partial charge in [0.2, 0.25) is 5.91 Å². The number of fused-ring (bicyclic) bond motifs is 1. The van der Waals surface area contributed by atoms with E-state index in [4.69, 9.17) is 12.2 Å². The molecule has 0 atom stereocenters. The molecular formula is C20H16BrN3O2S. The molecule has 0 saturated carbocycles. The molecule has 0 spiro atoms. The number of hydrogen-bond donors (Lipinski definition) is 3. The van der Waals surface area contributed by atoms with Gasteiger partial charge in [-0.05, 0) is 56.6 Å². The van der Waals surface area contributed by atoms with Crippen LogP contribution in [0.3, 0.4) is 0 Å². The predicted molar refractivity (Wildman–Crippen MR) is 113 cm³/mol. The Bertz CT molecular complexity index is 1020. The van der Waals surface area contributed by atoms with Gasteiger partial charge in [0, 0.05) is 4.47 Å². The minimum atomic E-state index is -0.372. The van der Waals surface area contributed by atoms with Crippen molar-refractivity contribution >= 4 is 55.8 Å². The number of thiocarbonyl (C=S) groups is 1. The number of carbonyl (C=O) groups is 2. The SMILES string of the molecule is O=C(Cc1cccc2ccccc12)NNC(=S)NC(=O)c1ccccc1Br. The van der Waals surface area contributed by atoms with Crippen LogP contribution >= 0.6 is 28.1 Å². The van der Waals surface area contributed by atoms with E-state index in [1.807, 2.05) is 48.5 Å². The summed E-state index contributed by atoms with van der Waals surface area (Å²) in [5, 5.41) is 4.64. The molecule has 0 aliphatic heterocycles. The van der Waals surface area contributed by atoms with Gasteiger partial charge in [-0.3, -0.25) is 25.8 Å². The Hall–Kier alpha value is -2.77. The maximum absolute atomic E-state index is 12.2. The van der Waals surface area contributed by atoms with Gasteiger partial charge in [0.15, 0.2) is 5.11 Å². The second kappa shape index (κ2) is 8.75. The van der Waals surface area contributed by atoms with Crippen molar-refractivity contribution in [2.24, 2.45) is 0 Å². The molecule has 0 aliphatic carbocycles. The Balaban J connectivity index is 1.55. The molecule has 0 bridgehead atoms. The summed E-state index contributed by atoms with van der Waals surface area (Å²) in [6, 6.07) is 20.7. The third-order valence-corrected chi connectivity index (χ3v) is 4.79. The molecule has 0 radical (unpaired) electrons. The summed E-state index contributed by atoms with van der Waals surface area (Å²) in [6.45, 7) is 0. The second-order valence-corrected chi connectivity index (χ2v) is 7.01. The van der Waals surface area contributed by atoms with Crippen LogP contribution in [0, 0.1) is 0 Å². The number of rotatable bonds is 3. The van der Waals surface area contributed by atoms with Crippen molar-refractivity contribution in [3.05, 3.63) is 82.3 Å². The lowest BCUT2D eigenvalue weighted by Gasteiger charge is -2.12. The summed E-state index contributed by atoms with van der Waals surface area (Å²) >= 11 is 8.37. The number of hydrogen-bond acceptors (Lipinski definition) is 3. The Morgan fingerprint density at radius 3 is 2.41 bits per heavy atom. The van der Waals surface area contributed by atoms with Gasteiger partial charge in [-0.2, -0.15) is 0 Å². The average Bonchev–Trinajstić information content (AvgIpc) is 2.67. The molecule has 7 heteroatoms. The van der Waals surface area contributed by atoms with E-state index in [0.717, 1.165) is 16.3 Å². The van der Waals surface area contributed by atoms with Crippen LogP contribution in [0.15, 0.2) is 71.2 Å². The molecule has 0 aromatic heterocycles. The first-order valence-corrected chi connectivity index (χ1v) is 9.36. The third-order valence-electron chi connectivity index (χ3n) is 3.89. The van der Waals surface area contributed by atoms with Crippen molar-refractivity contribution in [1.29, 1.82) is 0 Å². The van der Waals surface area contributed by atoms with Crippen LogP contribution in [-0.2, 0) is 11.2 Å². The van der Waals surface area contributed by atoms with Gasteiger partial charge in [0.25, 0.3) is 5.91 Å². The Labute approximate surface area is 170 Å². The van der Waals surface area contributed by atoms with Crippen molar-refractivity contribution in [2.75, 3.05) is 0 Å². The largest absolute Gasteiger partial charge is 0.298 e. The predicted octanol–water partition coefficient (Wildman–Crippen LogP) is 3.48. The molecule has 5 nitrogen and oxygen atoms in total. The first-order chi connectivity index (χ1) is 13.0. The first kappa shape index (κ1) is 19.0. The van der Waals surface area contributed by atoms with E-state index in [1.165, 1.54) is 0 Å². The van der Waals surface area contributed by atoms with Gasteiger partial charge in [0.1, 0.15) is 0 Å². The average molecular weight is 442 g/mol. The Morgan fingerprint density at radius 2 is 1.59 bits per heavy atom. The molecule has 3 rings (SSSR count). The smallest absolute Gasteiger partial charge is 0.258 e. The lowest BCUT2D eigenvalue weighted by atomic mass is 10.0. The summed E-state index contributed by atoms with van der Waals surface area (Å²) in [5.41, 5.74) is 6.43. The number of carbonyl (C=O) groups excluding carboxylic acids is 2. The van der Waals surface area contributed by atoms with Crippen molar-refractivity contribution in [3.63, 3.8) is 0 Å². The van der Waals surface area contributed by atoms with Gasteiger partial charge in [-0.25, -0.2) is 0 Å². The molecular weight excluding hydrogens is 426 g/mol. The summed E-state index contributed by atoms with van der Waals surface area (Å²) in [7, 11) is 0. The van der Waals surface area contributed by atoms with Crippen LogP contribution in [0.4, 0.5) is 0 Å². The maximum Gasteiger partial charge on any atom is 0.258 e. The minimum absolute atomic E-state index is 0.0158. The number of amides is 2. The third kappa shape index (κ3) is 4.90. The first-order valence-electron chi connectivity index (χ1n) is 8.16. The van der Waals surface area contributed by atoms with Crippen LogP contribution in [0.5, 0.6) is 0 Å². The van der Waals surface area contributed by atoms with Crippen molar-refractivity contribution in [1.82, 2.24) is 16.2 Å². The van der Waals surface area contributed by atoms with Gasteiger partial charge in [0.05, 0.1) is 12.0 Å². The van der Waals surface area contributed by atoms with Crippen LogP contribution in [0.1, 0.15) is 15.9 Å². The lowest BCUT2D eigenvalue weighted by molar-refractivity contribution is -0.121. The molecule has 2 amide bonds. The van der Waals surface area contributed by atoms with Crippen LogP contribution in [-0.4, -0.2) is 16.9 Å². The van der Waals surface area contributed by atoms with Crippen molar-refractivity contribution in [3.8, 4) is 0 Å². The minimum Gasteiger partial charge on any atom is -0.298 e. The number of halogens is 1. The zero-order valence-electron chi connectivity index (χ0n) is 14.2. The van der Waals surface area contributed by atoms with E-state index in [2.05, 4.69) is 32.1 Å². The second-order valence-electron chi connectivity index (χ2n) is 5.75. The normalized spacial score (nSPS) is 10.3. The van der Waals surface area contributed by atoms with Gasteiger partial charge in [-0.15, -0.1) is 0 Å². The number of benzene rings is 3. The monoisotopic (exact) mass is 441 g/mol. The Kier molecular flexibility index (Phi) is 6.16. The highest BCUT2D eigenvalue weighted by molar-refractivity contribution is 9.10. The summed E-state index contributed by atoms with van der Waals surface area (Å²) in [4.78, 5) is 24.4. The molecule has 27 heavy (non-hydrogen) atoms. The summed E-state index contributed by atoms with van der Waals surface area (Å²) in [6.07, 6.45) is 0.190. The fourth-order valence-corrected chi connectivity index (χ4v) is 3.25. The molecule has 0 heterocycles. The highest BCUT2D eigenvalue weighted by Gasteiger charge is 2.12. The van der Waals surface area contributed by atoms with E-state index in [0.29, 0.717) is 10.0 Å². The topological polar surface area (TPSA) is 70.2 Å². The quantitative estimate of drug-likeness (QED) is 0.429. The highest BCUT2D eigenvalue weighted by atomic mass is 79.9. The van der Waals surface area contributed by atoms with Crippen LogP contribution < -0.4 is 16.2 Å². The van der Waals surface area contributed by atoms with Crippen molar-refractivity contribution in [2.45, 2.75) is 6.42 Å². The molecule has 3 aromatic rings. The molecule has 0 fully saturated rings. The molecule has 3 N–H and O–H groups in total. The zero-order chi connectivity index (χ0) is 19.2. The van der Waals surface area contributed by atoms with E-state index in [9.17, 15) is 9.59 Å². The van der Waals surface area contributed by atoms with E-state index in [-0.39, 0.29) is 23.3 Å². The summed E-state index contributed by atoms with van der Waals surface area (Å²) in [5.74, 6) is -0.632. The fourth-order valence-electron chi connectivity index (χ4n) is 2.64. The van der Waals surface area contributed by atoms with Crippen LogP contribution in [0.2, 0.25) is 0 Å². The van der Waals surface area contributed by atoms with E-state index >= 15 is 0 Å². The van der Waals surface area contributed by atoms with E-state index in [1.54, 1.807) is 18.2 Å². The highest BCUT2D eigenvalue weighted by Crippen LogP contribution is 2.18. The number of hydrazine groups is 1. The zero-order valence-corrected chi connectivity index (χ0v) is 16.6. The lowest BCUT2D eigenvalue weighted by Crippen LogP contribution is -2.48. The Morgan fingerprint density at radius 1 is 0.889 bits per heavy atom. The fraction of sp³-hybridized carbons (Fsp3) is 0.0500. The van der Waals surface area contributed by atoms with Gasteiger partial charge < -0.3 is 0 Å². The molecule has 0 aliphatic rings. The van der Waals surface area contributed by atoms with Crippen molar-refractivity contribution < 1.29 is 9.59 Å². The molecule has 3 aromatic carbocycles. The van der Waals surface area contributed by atoms with Crippen LogP contribution in [0.25, 0.3) is 10.8 Å². The summed E-state index contributed by atoms with van der Waals surface area (Å²) < 4.78 is 0.658. The molecule has 136 valence electrons. The van der Waals surface area contributed by atoms with E-state index < -0.39 is 0 Å². The molecule has 0 unspecified atom stereocenters. The molecule has 0 saturated heterocycles. The van der Waals surface area contributed by atoms with Gasteiger partial charge >= 0.3 is 0 Å². The van der Waals surface area contributed by atoms with Gasteiger partial charge in [-0.1, -0.05) is 54.6 Å². The number of nitrogens with one attached hydrogen (secondary N) is 3.